The van der Waals surface area contributed by atoms with E-state index in [1.807, 2.05) is 58.0 Å². The number of benzene rings is 3. The summed E-state index contributed by atoms with van der Waals surface area (Å²) in [6, 6.07) is 15.5. The van der Waals surface area contributed by atoms with Gasteiger partial charge in [0, 0.05) is 16.9 Å². The maximum absolute atomic E-state index is 12.7. The van der Waals surface area contributed by atoms with Crippen molar-refractivity contribution >= 4 is 23.2 Å². The topological polar surface area (TPSA) is 78.4 Å². The number of anilines is 2. The molecule has 0 bridgehead atoms. The summed E-state index contributed by atoms with van der Waals surface area (Å²) in [6.07, 6.45) is 0. The van der Waals surface area contributed by atoms with Crippen molar-refractivity contribution in [2.45, 2.75) is 27.7 Å². The Balaban J connectivity index is 1.85. The first kappa shape index (κ1) is 20.1. The van der Waals surface area contributed by atoms with E-state index in [1.165, 1.54) is 18.2 Å². The van der Waals surface area contributed by atoms with Crippen LogP contribution in [0.15, 0.2) is 54.6 Å². The van der Waals surface area contributed by atoms with E-state index in [0.717, 1.165) is 22.3 Å². The predicted molar refractivity (Wildman–Crippen MR) is 116 cm³/mol. The van der Waals surface area contributed by atoms with E-state index in [4.69, 9.17) is 0 Å². The van der Waals surface area contributed by atoms with E-state index in [-0.39, 0.29) is 22.8 Å². The second-order valence-electron chi connectivity index (χ2n) is 7.14. The molecule has 0 saturated heterocycles. The Morgan fingerprint density at radius 3 is 1.79 bits per heavy atom. The molecule has 0 aromatic heterocycles. The van der Waals surface area contributed by atoms with Crippen molar-refractivity contribution < 1.29 is 14.7 Å². The van der Waals surface area contributed by atoms with Gasteiger partial charge in [-0.25, -0.2) is 0 Å². The Morgan fingerprint density at radius 1 is 0.724 bits per heavy atom. The van der Waals surface area contributed by atoms with E-state index in [9.17, 15) is 14.7 Å². The molecule has 0 spiro atoms. The summed E-state index contributed by atoms with van der Waals surface area (Å²) in [5.41, 5.74) is 5.76. The number of phenolic OH excluding ortho intramolecular Hbond substituents is 1. The minimum absolute atomic E-state index is 0.0412. The zero-order chi connectivity index (χ0) is 21.1. The number of hydrogen-bond acceptors (Lipinski definition) is 3. The first-order chi connectivity index (χ1) is 13.8. The minimum Gasteiger partial charge on any atom is -0.507 e. The van der Waals surface area contributed by atoms with Crippen molar-refractivity contribution in [3.8, 4) is 5.75 Å². The lowest BCUT2D eigenvalue weighted by Gasteiger charge is -2.13. The van der Waals surface area contributed by atoms with Gasteiger partial charge in [0.05, 0.1) is 5.56 Å². The Bertz CT molecular complexity index is 1100. The van der Waals surface area contributed by atoms with Crippen LogP contribution in [0.5, 0.6) is 5.75 Å². The zero-order valence-electron chi connectivity index (χ0n) is 17.0. The highest BCUT2D eigenvalue weighted by Gasteiger charge is 2.17. The van der Waals surface area contributed by atoms with Crippen LogP contribution in [-0.4, -0.2) is 16.9 Å². The highest BCUT2D eigenvalue weighted by atomic mass is 16.3. The Morgan fingerprint density at radius 2 is 1.24 bits per heavy atom. The molecule has 0 fully saturated rings. The molecular formula is C24H24N2O3. The third-order valence-corrected chi connectivity index (χ3v) is 5.21. The molecule has 0 atom stereocenters. The van der Waals surface area contributed by atoms with Gasteiger partial charge in [-0.1, -0.05) is 24.3 Å². The van der Waals surface area contributed by atoms with Gasteiger partial charge in [0.1, 0.15) is 5.75 Å². The Labute approximate surface area is 170 Å². The maximum atomic E-state index is 12.7. The standard InChI is InChI=1S/C24H24N2O3/c1-14-7-5-9-20(16(14)3)25-23(28)18-11-12-22(27)19(13-18)24(29)26-21-10-6-8-15(2)17(21)4/h5-13,27H,1-4H3,(H,25,28)(H,26,29). The lowest BCUT2D eigenvalue weighted by atomic mass is 10.1. The Kier molecular flexibility index (Phi) is 5.69. The normalized spacial score (nSPS) is 10.5. The molecule has 3 rings (SSSR count). The summed E-state index contributed by atoms with van der Waals surface area (Å²) < 4.78 is 0. The average molecular weight is 388 g/mol. The number of aryl methyl sites for hydroxylation is 2. The summed E-state index contributed by atoms with van der Waals surface area (Å²) in [4.78, 5) is 25.4. The zero-order valence-corrected chi connectivity index (χ0v) is 17.0. The molecule has 0 aliphatic rings. The van der Waals surface area contributed by atoms with E-state index >= 15 is 0 Å². The second-order valence-corrected chi connectivity index (χ2v) is 7.14. The van der Waals surface area contributed by atoms with Crippen LogP contribution in [0.25, 0.3) is 0 Å². The third kappa shape index (κ3) is 4.29. The van der Waals surface area contributed by atoms with Gasteiger partial charge >= 0.3 is 0 Å². The number of nitrogens with one attached hydrogen (secondary N) is 2. The van der Waals surface area contributed by atoms with Gasteiger partial charge in [0.25, 0.3) is 11.8 Å². The summed E-state index contributed by atoms with van der Waals surface area (Å²) >= 11 is 0. The van der Waals surface area contributed by atoms with Crippen molar-refractivity contribution in [2.75, 3.05) is 10.6 Å². The molecule has 5 heteroatoms. The van der Waals surface area contributed by atoms with Gasteiger partial charge < -0.3 is 15.7 Å². The van der Waals surface area contributed by atoms with Crippen molar-refractivity contribution in [1.29, 1.82) is 0 Å². The van der Waals surface area contributed by atoms with Crippen LogP contribution in [0.3, 0.4) is 0 Å². The fourth-order valence-electron chi connectivity index (χ4n) is 3.02. The molecule has 0 aliphatic heterocycles. The van der Waals surface area contributed by atoms with Gasteiger partial charge in [-0.15, -0.1) is 0 Å². The molecule has 3 aromatic rings. The second kappa shape index (κ2) is 8.19. The highest BCUT2D eigenvalue weighted by molar-refractivity contribution is 6.10. The molecule has 0 radical (unpaired) electrons. The molecular weight excluding hydrogens is 364 g/mol. The largest absolute Gasteiger partial charge is 0.507 e. The lowest BCUT2D eigenvalue weighted by molar-refractivity contribution is 0.102. The molecule has 0 saturated carbocycles. The number of aromatic hydroxyl groups is 1. The summed E-state index contributed by atoms with van der Waals surface area (Å²) in [7, 11) is 0. The number of hydrogen-bond donors (Lipinski definition) is 3. The molecule has 0 unspecified atom stereocenters. The quantitative estimate of drug-likeness (QED) is 0.580. The first-order valence-corrected chi connectivity index (χ1v) is 9.36. The van der Waals surface area contributed by atoms with Crippen LogP contribution in [0.2, 0.25) is 0 Å². The van der Waals surface area contributed by atoms with Gasteiger partial charge in [0.2, 0.25) is 0 Å². The fraction of sp³-hybridized carbons (Fsp3) is 0.167. The molecule has 5 nitrogen and oxygen atoms in total. The monoisotopic (exact) mass is 388 g/mol. The molecule has 29 heavy (non-hydrogen) atoms. The summed E-state index contributed by atoms with van der Waals surface area (Å²) in [5.74, 6) is -1.01. The smallest absolute Gasteiger partial charge is 0.259 e. The van der Waals surface area contributed by atoms with Crippen molar-refractivity contribution in [2.24, 2.45) is 0 Å². The minimum atomic E-state index is -0.474. The van der Waals surface area contributed by atoms with Crippen molar-refractivity contribution in [1.82, 2.24) is 0 Å². The molecule has 2 amide bonds. The molecule has 148 valence electrons. The van der Waals surface area contributed by atoms with Crippen LogP contribution in [0.1, 0.15) is 43.0 Å². The van der Waals surface area contributed by atoms with E-state index < -0.39 is 5.91 Å². The van der Waals surface area contributed by atoms with E-state index in [2.05, 4.69) is 10.6 Å². The van der Waals surface area contributed by atoms with Gasteiger partial charge in [-0.3, -0.25) is 9.59 Å². The summed E-state index contributed by atoms with van der Waals surface area (Å²) in [6.45, 7) is 7.78. The number of rotatable bonds is 4. The number of phenols is 1. The maximum Gasteiger partial charge on any atom is 0.259 e. The fourth-order valence-corrected chi connectivity index (χ4v) is 3.02. The third-order valence-electron chi connectivity index (χ3n) is 5.21. The summed E-state index contributed by atoms with van der Waals surface area (Å²) in [5, 5.41) is 15.8. The molecule has 3 N–H and O–H groups in total. The van der Waals surface area contributed by atoms with Crippen LogP contribution < -0.4 is 10.6 Å². The first-order valence-electron chi connectivity index (χ1n) is 9.36. The SMILES string of the molecule is Cc1cccc(NC(=O)c2ccc(O)c(C(=O)Nc3cccc(C)c3C)c2)c1C. The highest BCUT2D eigenvalue weighted by Crippen LogP contribution is 2.24. The number of amides is 2. The average Bonchev–Trinajstić information content (AvgIpc) is 2.69. The van der Waals surface area contributed by atoms with Crippen LogP contribution in [0.4, 0.5) is 11.4 Å². The molecule has 0 aliphatic carbocycles. The Hall–Kier alpha value is -3.60. The van der Waals surface area contributed by atoms with Crippen LogP contribution >= 0.6 is 0 Å². The van der Waals surface area contributed by atoms with Gasteiger partial charge in [-0.05, 0) is 80.3 Å². The van der Waals surface area contributed by atoms with Gasteiger partial charge in [0.15, 0.2) is 0 Å². The van der Waals surface area contributed by atoms with Crippen molar-refractivity contribution in [3.05, 3.63) is 88.0 Å². The van der Waals surface area contributed by atoms with Crippen LogP contribution in [0, 0.1) is 27.7 Å². The number of carbonyl (C=O) groups is 2. The van der Waals surface area contributed by atoms with E-state index in [1.54, 1.807) is 6.07 Å². The predicted octanol–water partition coefficient (Wildman–Crippen LogP) is 5.13. The van der Waals surface area contributed by atoms with Crippen molar-refractivity contribution in [3.63, 3.8) is 0 Å². The molecule has 0 heterocycles. The van der Waals surface area contributed by atoms with Crippen LogP contribution in [-0.2, 0) is 0 Å². The lowest BCUT2D eigenvalue weighted by Crippen LogP contribution is -2.17. The molecule has 3 aromatic carbocycles. The van der Waals surface area contributed by atoms with Gasteiger partial charge in [-0.2, -0.15) is 0 Å². The van der Waals surface area contributed by atoms with E-state index in [0.29, 0.717) is 11.4 Å². The number of carbonyl (C=O) groups excluding carboxylic acids is 2.